The Morgan fingerprint density at radius 2 is 1.70 bits per heavy atom. The van der Waals surface area contributed by atoms with Crippen LogP contribution < -0.4 is 10.6 Å². The smallest absolute Gasteiger partial charge is 0.342 e. The molecule has 0 heterocycles. The molecule has 3 N–H and O–H groups in total. The number of rotatable bonds is 8. The van der Waals surface area contributed by atoms with E-state index in [1.165, 1.54) is 6.92 Å². The Hall–Kier alpha value is -2.57. The van der Waals surface area contributed by atoms with E-state index < -0.39 is 24.5 Å². The maximum Gasteiger partial charge on any atom is 0.342 e. The van der Waals surface area contributed by atoms with Crippen molar-refractivity contribution in [2.45, 2.75) is 59.4 Å². The van der Waals surface area contributed by atoms with Crippen LogP contribution in [-0.2, 0) is 14.3 Å². The molecule has 0 spiro atoms. The zero-order valence-electron chi connectivity index (χ0n) is 16.9. The van der Waals surface area contributed by atoms with Gasteiger partial charge in [-0.1, -0.05) is 33.8 Å². The molecule has 0 fully saturated rings. The average Bonchev–Trinajstić information content (AvgIpc) is 2.59. The van der Waals surface area contributed by atoms with Crippen LogP contribution in [0.2, 0.25) is 0 Å². The molecule has 0 aromatic heterocycles. The van der Waals surface area contributed by atoms with Crippen LogP contribution in [0, 0.1) is 0 Å². The summed E-state index contributed by atoms with van der Waals surface area (Å²) in [5.41, 5.74) is 1.59. The largest absolute Gasteiger partial charge is 0.507 e. The maximum atomic E-state index is 12.4. The first-order chi connectivity index (χ1) is 12.6. The van der Waals surface area contributed by atoms with Gasteiger partial charge in [0.1, 0.15) is 17.4 Å². The Bertz CT molecular complexity index is 698. The van der Waals surface area contributed by atoms with Crippen LogP contribution in [0.15, 0.2) is 12.1 Å². The van der Waals surface area contributed by atoms with Gasteiger partial charge in [0.05, 0.1) is 0 Å². The SMILES string of the molecule is CCNC(=O)[C@H](C)NC(=O)COC(=O)c1cc(C(C)C)cc(C(C)C)c1O. The molecule has 0 saturated heterocycles. The highest BCUT2D eigenvalue weighted by molar-refractivity contribution is 5.95. The zero-order valence-corrected chi connectivity index (χ0v) is 16.9. The van der Waals surface area contributed by atoms with Crippen molar-refractivity contribution in [2.24, 2.45) is 0 Å². The Morgan fingerprint density at radius 1 is 1.07 bits per heavy atom. The molecular formula is C20H30N2O5. The van der Waals surface area contributed by atoms with Crippen molar-refractivity contribution in [3.05, 3.63) is 28.8 Å². The number of carbonyl (C=O) groups is 3. The second kappa shape index (κ2) is 9.94. The van der Waals surface area contributed by atoms with Gasteiger partial charge in [-0.3, -0.25) is 9.59 Å². The Morgan fingerprint density at radius 3 is 2.22 bits per heavy atom. The predicted molar refractivity (Wildman–Crippen MR) is 103 cm³/mol. The molecule has 150 valence electrons. The summed E-state index contributed by atoms with van der Waals surface area (Å²) in [6.07, 6.45) is 0. The average molecular weight is 378 g/mol. The number of phenolic OH excluding ortho intramolecular Hbond substituents is 1. The third-order valence-corrected chi connectivity index (χ3v) is 4.13. The minimum atomic E-state index is -0.780. The number of benzene rings is 1. The van der Waals surface area contributed by atoms with Crippen molar-refractivity contribution in [1.82, 2.24) is 10.6 Å². The van der Waals surface area contributed by atoms with Crippen molar-refractivity contribution in [2.75, 3.05) is 13.2 Å². The third kappa shape index (κ3) is 6.27. The molecule has 27 heavy (non-hydrogen) atoms. The molecule has 0 aliphatic heterocycles. The predicted octanol–water partition coefficient (Wildman–Crippen LogP) is 2.44. The molecule has 0 aliphatic rings. The zero-order chi connectivity index (χ0) is 20.7. The van der Waals surface area contributed by atoms with Crippen LogP contribution in [0.5, 0.6) is 5.75 Å². The summed E-state index contributed by atoms with van der Waals surface area (Å²) < 4.78 is 5.04. The van der Waals surface area contributed by atoms with Crippen molar-refractivity contribution >= 4 is 17.8 Å². The van der Waals surface area contributed by atoms with Crippen LogP contribution in [-0.4, -0.2) is 42.1 Å². The number of amides is 2. The maximum absolute atomic E-state index is 12.4. The van der Waals surface area contributed by atoms with Gasteiger partial charge in [-0.15, -0.1) is 0 Å². The lowest BCUT2D eigenvalue weighted by molar-refractivity contribution is -0.130. The molecule has 0 unspecified atom stereocenters. The van der Waals surface area contributed by atoms with E-state index in [9.17, 15) is 19.5 Å². The summed E-state index contributed by atoms with van der Waals surface area (Å²) in [4.78, 5) is 35.9. The molecule has 0 aliphatic carbocycles. The van der Waals surface area contributed by atoms with Crippen LogP contribution >= 0.6 is 0 Å². The Labute approximate surface area is 160 Å². The fourth-order valence-corrected chi connectivity index (χ4v) is 2.49. The summed E-state index contributed by atoms with van der Waals surface area (Å²) in [6, 6.07) is 2.73. The van der Waals surface area contributed by atoms with Gasteiger partial charge in [-0.25, -0.2) is 4.79 Å². The molecule has 1 rings (SSSR count). The van der Waals surface area contributed by atoms with Crippen molar-refractivity contribution < 1.29 is 24.2 Å². The summed E-state index contributed by atoms with van der Waals surface area (Å²) >= 11 is 0. The van der Waals surface area contributed by atoms with Gasteiger partial charge in [0, 0.05) is 6.54 Å². The first kappa shape index (κ1) is 22.5. The minimum absolute atomic E-state index is 0.0245. The van der Waals surface area contributed by atoms with Gasteiger partial charge in [0.15, 0.2) is 6.61 Å². The number of hydrogen-bond donors (Lipinski definition) is 3. The molecule has 1 aromatic rings. The summed E-state index contributed by atoms with van der Waals surface area (Å²) in [7, 11) is 0. The number of aromatic hydroxyl groups is 1. The molecule has 7 heteroatoms. The molecule has 0 radical (unpaired) electrons. The lowest BCUT2D eigenvalue weighted by Crippen LogP contribution is -2.46. The van der Waals surface area contributed by atoms with Crippen LogP contribution in [0.3, 0.4) is 0 Å². The highest BCUT2D eigenvalue weighted by atomic mass is 16.5. The molecular weight excluding hydrogens is 348 g/mol. The first-order valence-corrected chi connectivity index (χ1v) is 9.19. The highest BCUT2D eigenvalue weighted by Gasteiger charge is 2.22. The van der Waals surface area contributed by atoms with Gasteiger partial charge in [0.25, 0.3) is 5.91 Å². The van der Waals surface area contributed by atoms with Gasteiger partial charge < -0.3 is 20.5 Å². The van der Waals surface area contributed by atoms with E-state index in [0.717, 1.165) is 5.56 Å². The lowest BCUT2D eigenvalue weighted by Gasteiger charge is -2.17. The number of ether oxygens (including phenoxy) is 1. The second-order valence-corrected chi connectivity index (χ2v) is 7.08. The van der Waals surface area contributed by atoms with Crippen molar-refractivity contribution in [3.8, 4) is 5.75 Å². The number of hydrogen-bond acceptors (Lipinski definition) is 5. The summed E-state index contributed by atoms with van der Waals surface area (Å²) in [5, 5.41) is 15.5. The fraction of sp³-hybridized carbons (Fsp3) is 0.550. The fourth-order valence-electron chi connectivity index (χ4n) is 2.49. The highest BCUT2D eigenvalue weighted by Crippen LogP contribution is 2.33. The van der Waals surface area contributed by atoms with Gasteiger partial charge in [-0.2, -0.15) is 0 Å². The van der Waals surface area contributed by atoms with Gasteiger partial charge in [0.2, 0.25) is 5.91 Å². The van der Waals surface area contributed by atoms with E-state index in [1.54, 1.807) is 13.0 Å². The topological polar surface area (TPSA) is 105 Å². The molecule has 1 aromatic carbocycles. The van der Waals surface area contributed by atoms with Crippen LogP contribution in [0.25, 0.3) is 0 Å². The van der Waals surface area contributed by atoms with Crippen molar-refractivity contribution in [3.63, 3.8) is 0 Å². The second-order valence-electron chi connectivity index (χ2n) is 7.08. The monoisotopic (exact) mass is 378 g/mol. The van der Waals surface area contributed by atoms with E-state index in [-0.39, 0.29) is 29.1 Å². The van der Waals surface area contributed by atoms with Crippen molar-refractivity contribution in [1.29, 1.82) is 0 Å². The minimum Gasteiger partial charge on any atom is -0.507 e. The number of nitrogens with one attached hydrogen (secondary N) is 2. The van der Waals surface area contributed by atoms with E-state index in [1.807, 2.05) is 33.8 Å². The molecule has 7 nitrogen and oxygen atoms in total. The van der Waals surface area contributed by atoms with Gasteiger partial charge in [-0.05, 0) is 42.9 Å². The lowest BCUT2D eigenvalue weighted by atomic mass is 9.92. The summed E-state index contributed by atoms with van der Waals surface area (Å²) in [5.74, 6) is -1.63. The molecule has 0 bridgehead atoms. The van der Waals surface area contributed by atoms with E-state index in [4.69, 9.17) is 4.74 Å². The Kier molecular flexibility index (Phi) is 8.28. The van der Waals surface area contributed by atoms with E-state index >= 15 is 0 Å². The van der Waals surface area contributed by atoms with E-state index in [2.05, 4.69) is 10.6 Å². The number of phenols is 1. The molecule has 1 atom stereocenters. The van der Waals surface area contributed by atoms with Crippen LogP contribution in [0.4, 0.5) is 0 Å². The quantitative estimate of drug-likeness (QED) is 0.603. The number of esters is 1. The first-order valence-electron chi connectivity index (χ1n) is 9.19. The number of carbonyl (C=O) groups excluding carboxylic acids is 3. The summed E-state index contributed by atoms with van der Waals surface area (Å²) in [6.45, 7) is 11.1. The van der Waals surface area contributed by atoms with Crippen LogP contribution in [0.1, 0.15) is 74.9 Å². The Balaban J connectivity index is 2.85. The molecule has 2 amide bonds. The molecule has 0 saturated carbocycles. The third-order valence-electron chi connectivity index (χ3n) is 4.13. The van der Waals surface area contributed by atoms with E-state index in [0.29, 0.717) is 12.1 Å². The van der Waals surface area contributed by atoms with Gasteiger partial charge >= 0.3 is 5.97 Å². The standard InChI is InChI=1S/C20H30N2O5/c1-7-21-19(25)13(6)22-17(23)10-27-20(26)16-9-14(11(2)3)8-15(12(4)5)18(16)24/h8-9,11-13,24H,7,10H2,1-6H3,(H,21,25)(H,22,23)/t13-/m0/s1. The number of likely N-dealkylation sites (N-methyl/N-ethyl adjacent to an activating group) is 1. The normalized spacial score (nSPS) is 12.0.